The van der Waals surface area contributed by atoms with E-state index >= 15 is 0 Å². The summed E-state index contributed by atoms with van der Waals surface area (Å²) in [4.78, 5) is 25.5. The van der Waals surface area contributed by atoms with Gasteiger partial charge in [0.1, 0.15) is 5.75 Å². The first-order valence-corrected chi connectivity index (χ1v) is 8.18. The number of carboxylic acids is 1. The molecule has 2 rings (SSSR count). The molecule has 1 saturated heterocycles. The molecule has 0 aliphatic carbocycles. The van der Waals surface area contributed by atoms with Crippen LogP contribution in [0.15, 0.2) is 6.07 Å². The van der Waals surface area contributed by atoms with Crippen LogP contribution in [0.25, 0.3) is 0 Å². The Kier molecular flexibility index (Phi) is 5.36. The van der Waals surface area contributed by atoms with Crippen molar-refractivity contribution in [2.24, 2.45) is 11.8 Å². The molecule has 6 heteroatoms. The van der Waals surface area contributed by atoms with E-state index in [1.807, 2.05) is 33.8 Å². The third-order valence-corrected chi connectivity index (χ3v) is 4.80. The molecule has 0 bridgehead atoms. The molecule has 1 fully saturated rings. The quantitative estimate of drug-likeness (QED) is 0.890. The van der Waals surface area contributed by atoms with Crippen LogP contribution in [0, 0.1) is 32.6 Å². The van der Waals surface area contributed by atoms with Crippen molar-refractivity contribution in [1.82, 2.24) is 4.90 Å². The zero-order chi connectivity index (χ0) is 18.0. The number of carbonyl (C=O) groups is 2. The summed E-state index contributed by atoms with van der Waals surface area (Å²) >= 11 is 0. The lowest BCUT2D eigenvalue weighted by atomic mass is 9.91. The monoisotopic (exact) mass is 334 g/mol. The predicted molar refractivity (Wildman–Crippen MR) is 92.7 cm³/mol. The number of aliphatic carboxylic acids is 1. The SMILES string of the molecule is COc1cc(C)c(NC(=O)N2CC(C)CC(C(=O)O)C2)c(C)c1C. The van der Waals surface area contributed by atoms with E-state index in [0.29, 0.717) is 13.0 Å². The van der Waals surface area contributed by atoms with Gasteiger partial charge >= 0.3 is 12.0 Å². The van der Waals surface area contributed by atoms with Crippen LogP contribution in [0.4, 0.5) is 10.5 Å². The van der Waals surface area contributed by atoms with Gasteiger partial charge in [0.15, 0.2) is 0 Å². The van der Waals surface area contributed by atoms with Gasteiger partial charge in [-0.3, -0.25) is 4.79 Å². The second kappa shape index (κ2) is 7.11. The molecule has 2 amide bonds. The molecule has 0 aromatic heterocycles. The fraction of sp³-hybridized carbons (Fsp3) is 0.556. The Hall–Kier alpha value is -2.24. The number of nitrogens with zero attached hydrogens (tertiary/aromatic N) is 1. The minimum absolute atomic E-state index is 0.172. The van der Waals surface area contributed by atoms with Gasteiger partial charge in [0, 0.05) is 18.8 Å². The van der Waals surface area contributed by atoms with Crippen LogP contribution in [-0.4, -0.2) is 42.2 Å². The summed E-state index contributed by atoms with van der Waals surface area (Å²) in [7, 11) is 1.63. The minimum atomic E-state index is -0.841. The highest BCUT2D eigenvalue weighted by Gasteiger charge is 2.32. The van der Waals surface area contributed by atoms with E-state index in [1.165, 1.54) is 0 Å². The highest BCUT2D eigenvalue weighted by atomic mass is 16.5. The highest BCUT2D eigenvalue weighted by molar-refractivity contribution is 5.92. The molecule has 1 aromatic carbocycles. The van der Waals surface area contributed by atoms with E-state index in [4.69, 9.17) is 4.74 Å². The van der Waals surface area contributed by atoms with Gasteiger partial charge in [-0.25, -0.2) is 4.79 Å². The van der Waals surface area contributed by atoms with Gasteiger partial charge in [-0.15, -0.1) is 0 Å². The van der Waals surface area contributed by atoms with E-state index in [9.17, 15) is 14.7 Å². The Bertz CT molecular complexity index is 657. The number of ether oxygens (including phenoxy) is 1. The molecule has 2 unspecified atom stereocenters. The number of nitrogens with one attached hydrogen (secondary N) is 1. The lowest BCUT2D eigenvalue weighted by Crippen LogP contribution is -2.47. The van der Waals surface area contributed by atoms with Crippen LogP contribution in [0.3, 0.4) is 0 Å². The lowest BCUT2D eigenvalue weighted by molar-refractivity contribution is -0.143. The number of carboxylic acid groups (broad SMARTS) is 1. The molecule has 0 spiro atoms. The Morgan fingerprint density at radius 1 is 1.25 bits per heavy atom. The van der Waals surface area contributed by atoms with Gasteiger partial charge in [0.25, 0.3) is 0 Å². The van der Waals surface area contributed by atoms with Gasteiger partial charge in [0.2, 0.25) is 0 Å². The molecule has 1 aliphatic rings. The Morgan fingerprint density at radius 3 is 2.50 bits per heavy atom. The van der Waals surface area contributed by atoms with Crippen molar-refractivity contribution in [3.05, 3.63) is 22.8 Å². The molecule has 0 radical (unpaired) electrons. The molecular formula is C18H26N2O4. The molecule has 2 atom stereocenters. The fourth-order valence-electron chi connectivity index (χ4n) is 3.33. The topological polar surface area (TPSA) is 78.9 Å². The van der Waals surface area contributed by atoms with Crippen molar-refractivity contribution in [3.63, 3.8) is 0 Å². The van der Waals surface area contributed by atoms with Crippen LogP contribution in [-0.2, 0) is 4.79 Å². The number of methoxy groups -OCH3 is 1. The third-order valence-electron chi connectivity index (χ3n) is 4.80. The van der Waals surface area contributed by atoms with E-state index in [-0.39, 0.29) is 18.5 Å². The number of hydrogen-bond donors (Lipinski definition) is 2. The summed E-state index contributed by atoms with van der Waals surface area (Å²) in [6.07, 6.45) is 0.610. The molecule has 2 N–H and O–H groups in total. The predicted octanol–water partition coefficient (Wildman–Crippen LogP) is 3.19. The summed E-state index contributed by atoms with van der Waals surface area (Å²) in [5.74, 6) is -0.378. The van der Waals surface area contributed by atoms with Crippen molar-refractivity contribution in [2.45, 2.75) is 34.1 Å². The summed E-state index contributed by atoms with van der Waals surface area (Å²) in [5.41, 5.74) is 3.63. The number of rotatable bonds is 3. The van der Waals surface area contributed by atoms with Crippen LogP contribution in [0.2, 0.25) is 0 Å². The van der Waals surface area contributed by atoms with Crippen LogP contribution in [0.1, 0.15) is 30.0 Å². The van der Waals surface area contributed by atoms with Gasteiger partial charge in [-0.1, -0.05) is 6.92 Å². The first-order valence-electron chi connectivity index (χ1n) is 8.18. The van der Waals surface area contributed by atoms with Gasteiger partial charge in [0.05, 0.1) is 13.0 Å². The van der Waals surface area contributed by atoms with Crippen molar-refractivity contribution in [3.8, 4) is 5.75 Å². The van der Waals surface area contributed by atoms with Gasteiger partial charge in [-0.05, 0) is 55.9 Å². The average Bonchev–Trinajstić information content (AvgIpc) is 2.54. The Labute approximate surface area is 142 Å². The number of carbonyl (C=O) groups excluding carboxylic acids is 1. The van der Waals surface area contributed by atoms with Crippen molar-refractivity contribution in [1.29, 1.82) is 0 Å². The summed E-state index contributed by atoms with van der Waals surface area (Å²) in [5, 5.41) is 12.2. The van der Waals surface area contributed by atoms with Crippen molar-refractivity contribution < 1.29 is 19.4 Å². The minimum Gasteiger partial charge on any atom is -0.496 e. The highest BCUT2D eigenvalue weighted by Crippen LogP contribution is 2.31. The average molecular weight is 334 g/mol. The van der Waals surface area contributed by atoms with Gasteiger partial charge < -0.3 is 20.1 Å². The van der Waals surface area contributed by atoms with E-state index in [1.54, 1.807) is 12.0 Å². The Balaban J connectivity index is 2.20. The Morgan fingerprint density at radius 2 is 1.92 bits per heavy atom. The number of piperidine rings is 1. The van der Waals surface area contributed by atoms with Crippen molar-refractivity contribution >= 4 is 17.7 Å². The smallest absolute Gasteiger partial charge is 0.321 e. The third kappa shape index (κ3) is 3.63. The number of aryl methyl sites for hydroxylation is 1. The molecule has 0 saturated carbocycles. The zero-order valence-corrected chi connectivity index (χ0v) is 15.0. The zero-order valence-electron chi connectivity index (χ0n) is 15.0. The van der Waals surface area contributed by atoms with Crippen LogP contribution < -0.4 is 10.1 Å². The number of hydrogen-bond acceptors (Lipinski definition) is 3. The van der Waals surface area contributed by atoms with Crippen LogP contribution >= 0.6 is 0 Å². The van der Waals surface area contributed by atoms with E-state index in [0.717, 1.165) is 28.1 Å². The second-order valence-electron chi connectivity index (χ2n) is 6.73. The molecule has 1 heterocycles. The first kappa shape index (κ1) is 18.1. The molecular weight excluding hydrogens is 308 g/mol. The second-order valence-corrected chi connectivity index (χ2v) is 6.73. The largest absolute Gasteiger partial charge is 0.496 e. The first-order chi connectivity index (χ1) is 11.2. The summed E-state index contributed by atoms with van der Waals surface area (Å²) < 4.78 is 5.35. The number of amides is 2. The molecule has 6 nitrogen and oxygen atoms in total. The van der Waals surface area contributed by atoms with E-state index < -0.39 is 11.9 Å². The number of benzene rings is 1. The number of anilines is 1. The summed E-state index contributed by atoms with van der Waals surface area (Å²) in [6, 6.07) is 1.65. The maximum Gasteiger partial charge on any atom is 0.321 e. The van der Waals surface area contributed by atoms with Crippen molar-refractivity contribution in [2.75, 3.05) is 25.5 Å². The fourth-order valence-corrected chi connectivity index (χ4v) is 3.33. The summed E-state index contributed by atoms with van der Waals surface area (Å²) in [6.45, 7) is 8.61. The number of likely N-dealkylation sites (tertiary alicyclic amines) is 1. The maximum atomic E-state index is 12.6. The van der Waals surface area contributed by atoms with Crippen LogP contribution in [0.5, 0.6) is 5.75 Å². The van der Waals surface area contributed by atoms with E-state index in [2.05, 4.69) is 5.32 Å². The molecule has 1 aromatic rings. The molecule has 1 aliphatic heterocycles. The molecule has 132 valence electrons. The maximum absolute atomic E-state index is 12.6. The lowest BCUT2D eigenvalue weighted by Gasteiger charge is -2.35. The standard InChI is InChI=1S/C18H26N2O4/c1-10-6-14(17(21)22)9-20(8-10)18(23)19-16-11(2)7-15(24-5)12(3)13(16)4/h7,10,14H,6,8-9H2,1-5H3,(H,19,23)(H,21,22). The molecule has 24 heavy (non-hydrogen) atoms. The number of urea groups is 1. The van der Waals surface area contributed by atoms with Gasteiger partial charge in [-0.2, -0.15) is 0 Å². The normalized spacial score (nSPS) is 20.6.